The van der Waals surface area contributed by atoms with Gasteiger partial charge in [0.05, 0.1) is 5.54 Å². The Labute approximate surface area is 91.7 Å². The molecule has 0 saturated heterocycles. The quantitative estimate of drug-likeness (QED) is 0.765. The van der Waals surface area contributed by atoms with Gasteiger partial charge in [0.15, 0.2) is 5.78 Å². The third-order valence-corrected chi connectivity index (χ3v) is 2.79. The highest BCUT2D eigenvalue weighted by atomic mass is 16.1. The van der Waals surface area contributed by atoms with Crippen LogP contribution in [0.2, 0.25) is 0 Å². The van der Waals surface area contributed by atoms with Crippen LogP contribution in [-0.2, 0) is 6.42 Å². The molecule has 0 bridgehead atoms. The molecule has 0 aliphatic heterocycles. The molecule has 1 rings (SSSR count). The second-order valence-corrected chi connectivity index (χ2v) is 4.26. The van der Waals surface area contributed by atoms with Crippen molar-refractivity contribution in [2.75, 3.05) is 7.05 Å². The molecule has 0 radical (unpaired) electrons. The molecular weight excluding hydrogens is 186 g/mol. The Bertz CT molecular complexity index is 355. The molecular formula is C13H19NO. The van der Waals surface area contributed by atoms with Crippen LogP contribution in [0.25, 0.3) is 0 Å². The topological polar surface area (TPSA) is 29.1 Å². The minimum absolute atomic E-state index is 0.139. The normalized spacial score (nSPS) is 11.5. The van der Waals surface area contributed by atoms with E-state index in [0.717, 1.165) is 12.0 Å². The van der Waals surface area contributed by atoms with Crippen molar-refractivity contribution < 1.29 is 4.79 Å². The number of carbonyl (C=O) groups is 1. The van der Waals surface area contributed by atoms with Crippen LogP contribution in [0.1, 0.15) is 36.7 Å². The average Bonchev–Trinajstić information content (AvgIpc) is 2.28. The van der Waals surface area contributed by atoms with E-state index >= 15 is 0 Å². The molecule has 0 aliphatic carbocycles. The van der Waals surface area contributed by atoms with Crippen molar-refractivity contribution in [2.45, 2.75) is 32.7 Å². The van der Waals surface area contributed by atoms with Gasteiger partial charge in [0.25, 0.3) is 0 Å². The third kappa shape index (κ3) is 2.66. The van der Waals surface area contributed by atoms with Crippen LogP contribution in [0.5, 0.6) is 0 Å². The van der Waals surface area contributed by atoms with Crippen molar-refractivity contribution in [2.24, 2.45) is 0 Å². The summed E-state index contributed by atoms with van der Waals surface area (Å²) < 4.78 is 0. The van der Waals surface area contributed by atoms with Gasteiger partial charge in [-0.05, 0) is 38.9 Å². The van der Waals surface area contributed by atoms with Crippen LogP contribution in [0, 0.1) is 0 Å². The van der Waals surface area contributed by atoms with E-state index in [1.165, 1.54) is 5.56 Å². The Morgan fingerprint density at radius 1 is 1.40 bits per heavy atom. The fourth-order valence-electron chi connectivity index (χ4n) is 1.41. The summed E-state index contributed by atoms with van der Waals surface area (Å²) in [4.78, 5) is 12.1. The zero-order valence-electron chi connectivity index (χ0n) is 9.92. The maximum absolute atomic E-state index is 12.1. The Morgan fingerprint density at radius 3 is 2.60 bits per heavy atom. The Hall–Kier alpha value is -1.15. The van der Waals surface area contributed by atoms with Crippen LogP contribution in [0.15, 0.2) is 24.3 Å². The molecule has 1 aromatic rings. The summed E-state index contributed by atoms with van der Waals surface area (Å²) in [6, 6.07) is 7.84. The van der Waals surface area contributed by atoms with E-state index in [1.807, 2.05) is 45.2 Å². The van der Waals surface area contributed by atoms with E-state index in [1.54, 1.807) is 0 Å². The van der Waals surface area contributed by atoms with Crippen molar-refractivity contribution in [3.05, 3.63) is 35.4 Å². The van der Waals surface area contributed by atoms with Gasteiger partial charge in [0, 0.05) is 5.56 Å². The summed E-state index contributed by atoms with van der Waals surface area (Å²) in [7, 11) is 1.81. The van der Waals surface area contributed by atoms with Crippen LogP contribution in [0.4, 0.5) is 0 Å². The lowest BCUT2D eigenvalue weighted by Crippen LogP contribution is -2.44. The highest BCUT2D eigenvalue weighted by Crippen LogP contribution is 2.14. The summed E-state index contributed by atoms with van der Waals surface area (Å²) in [5, 5.41) is 3.03. The van der Waals surface area contributed by atoms with Gasteiger partial charge >= 0.3 is 0 Å². The number of Topliss-reactive ketones (excluding diaryl/α,β-unsaturated/α-hetero) is 1. The van der Waals surface area contributed by atoms with Crippen LogP contribution >= 0.6 is 0 Å². The maximum atomic E-state index is 12.1. The van der Waals surface area contributed by atoms with Gasteiger partial charge in [-0.1, -0.05) is 25.1 Å². The molecule has 82 valence electrons. The molecule has 0 aliphatic rings. The highest BCUT2D eigenvalue weighted by molar-refractivity contribution is 6.02. The molecule has 0 unspecified atom stereocenters. The number of rotatable bonds is 4. The molecule has 2 nitrogen and oxygen atoms in total. The number of ketones is 1. The van der Waals surface area contributed by atoms with Gasteiger partial charge in [-0.2, -0.15) is 0 Å². The Balaban J connectivity index is 3.01. The second kappa shape index (κ2) is 4.58. The number of aryl methyl sites for hydroxylation is 1. The first-order chi connectivity index (χ1) is 7.01. The minimum atomic E-state index is -0.494. The van der Waals surface area contributed by atoms with Gasteiger partial charge in [-0.25, -0.2) is 0 Å². The van der Waals surface area contributed by atoms with Crippen molar-refractivity contribution in [1.82, 2.24) is 5.32 Å². The van der Waals surface area contributed by atoms with Gasteiger partial charge in [-0.3, -0.25) is 4.79 Å². The van der Waals surface area contributed by atoms with E-state index in [9.17, 15) is 4.79 Å². The lowest BCUT2D eigenvalue weighted by molar-refractivity contribution is 0.0889. The molecule has 0 atom stereocenters. The number of carbonyl (C=O) groups excluding carboxylic acids is 1. The zero-order chi connectivity index (χ0) is 11.5. The van der Waals surface area contributed by atoms with Gasteiger partial charge < -0.3 is 5.32 Å². The fraction of sp³-hybridized carbons (Fsp3) is 0.462. The smallest absolute Gasteiger partial charge is 0.182 e. The zero-order valence-corrected chi connectivity index (χ0v) is 9.92. The van der Waals surface area contributed by atoms with Crippen molar-refractivity contribution in [1.29, 1.82) is 0 Å². The third-order valence-electron chi connectivity index (χ3n) is 2.79. The van der Waals surface area contributed by atoms with E-state index in [4.69, 9.17) is 0 Å². The largest absolute Gasteiger partial charge is 0.308 e. The molecule has 0 amide bonds. The van der Waals surface area contributed by atoms with Crippen LogP contribution in [0.3, 0.4) is 0 Å². The molecule has 0 saturated carbocycles. The highest BCUT2D eigenvalue weighted by Gasteiger charge is 2.26. The maximum Gasteiger partial charge on any atom is 0.182 e. The lowest BCUT2D eigenvalue weighted by atomic mass is 9.92. The first kappa shape index (κ1) is 11.9. The van der Waals surface area contributed by atoms with E-state index in [0.29, 0.717) is 0 Å². The molecule has 1 aromatic carbocycles. The summed E-state index contributed by atoms with van der Waals surface area (Å²) in [5.41, 5.74) is 1.49. The summed E-state index contributed by atoms with van der Waals surface area (Å²) >= 11 is 0. The first-order valence-corrected chi connectivity index (χ1v) is 5.34. The molecule has 0 fully saturated rings. The van der Waals surface area contributed by atoms with Crippen LogP contribution in [-0.4, -0.2) is 18.4 Å². The number of benzene rings is 1. The van der Waals surface area contributed by atoms with Crippen molar-refractivity contribution in [3.63, 3.8) is 0 Å². The molecule has 0 spiro atoms. The van der Waals surface area contributed by atoms with E-state index in [2.05, 4.69) is 12.2 Å². The van der Waals surface area contributed by atoms with Crippen molar-refractivity contribution >= 4 is 5.78 Å². The van der Waals surface area contributed by atoms with Gasteiger partial charge in [0.1, 0.15) is 0 Å². The molecule has 15 heavy (non-hydrogen) atoms. The predicted molar refractivity (Wildman–Crippen MR) is 63.3 cm³/mol. The second-order valence-electron chi connectivity index (χ2n) is 4.26. The minimum Gasteiger partial charge on any atom is -0.308 e. The standard InChI is InChI=1S/C13H19NO/c1-5-10-7-6-8-11(9-10)12(15)13(2,3)14-4/h6-9,14H,5H2,1-4H3. The molecule has 2 heteroatoms. The number of likely N-dealkylation sites (N-methyl/N-ethyl adjacent to an activating group) is 1. The summed E-state index contributed by atoms with van der Waals surface area (Å²) in [6.45, 7) is 5.88. The average molecular weight is 205 g/mol. The van der Waals surface area contributed by atoms with E-state index in [-0.39, 0.29) is 5.78 Å². The van der Waals surface area contributed by atoms with Gasteiger partial charge in [0.2, 0.25) is 0 Å². The summed E-state index contributed by atoms with van der Waals surface area (Å²) in [5.74, 6) is 0.139. The number of hydrogen-bond acceptors (Lipinski definition) is 2. The van der Waals surface area contributed by atoms with Crippen molar-refractivity contribution in [3.8, 4) is 0 Å². The number of nitrogens with one attached hydrogen (secondary N) is 1. The van der Waals surface area contributed by atoms with E-state index < -0.39 is 5.54 Å². The Kier molecular flexibility index (Phi) is 3.64. The number of hydrogen-bond donors (Lipinski definition) is 1. The fourth-order valence-corrected chi connectivity index (χ4v) is 1.41. The van der Waals surface area contributed by atoms with Gasteiger partial charge in [-0.15, -0.1) is 0 Å². The molecule has 1 N–H and O–H groups in total. The monoisotopic (exact) mass is 205 g/mol. The Morgan fingerprint density at radius 2 is 2.07 bits per heavy atom. The lowest BCUT2D eigenvalue weighted by Gasteiger charge is -2.22. The SMILES string of the molecule is CCc1cccc(C(=O)C(C)(C)NC)c1. The molecule has 0 aromatic heterocycles. The first-order valence-electron chi connectivity index (χ1n) is 5.34. The van der Waals surface area contributed by atoms with Crippen LogP contribution < -0.4 is 5.32 Å². The summed E-state index contributed by atoms with van der Waals surface area (Å²) in [6.07, 6.45) is 0.959. The predicted octanol–water partition coefficient (Wildman–Crippen LogP) is 2.43. The molecule has 0 heterocycles.